The Kier molecular flexibility index (Phi) is 6.35. The molecule has 33 heavy (non-hydrogen) atoms. The van der Waals surface area contributed by atoms with E-state index in [9.17, 15) is 0 Å². The molecule has 2 heterocycles. The molecule has 0 N–H and O–H groups in total. The second kappa shape index (κ2) is 9.88. The van der Waals surface area contributed by atoms with Gasteiger partial charge in [0.1, 0.15) is 12.4 Å². The minimum Gasteiger partial charge on any atom is -0.489 e. The number of piperazine rings is 1. The van der Waals surface area contributed by atoms with E-state index < -0.39 is 0 Å². The van der Waals surface area contributed by atoms with E-state index in [1.54, 1.807) is 0 Å². The molecule has 6 nitrogen and oxygen atoms in total. The molecule has 1 saturated heterocycles. The average molecular weight is 441 g/mol. The standard InChI is InChI=1S/C27H28N4O2/c1-21-6-5-9-24(18-21)31-16-14-30(15-17-31)19-26-28-27(29-33-26)23-10-12-25(13-11-23)32-20-22-7-3-2-4-8-22/h2-13,18H,14-17,19-20H2,1H3. The van der Waals surface area contributed by atoms with Crippen molar-refractivity contribution >= 4 is 5.69 Å². The Morgan fingerprint density at radius 2 is 1.67 bits per heavy atom. The first-order valence-electron chi connectivity index (χ1n) is 11.4. The van der Waals surface area contributed by atoms with Crippen LogP contribution in [-0.4, -0.2) is 41.2 Å². The Morgan fingerprint density at radius 3 is 2.42 bits per heavy atom. The van der Waals surface area contributed by atoms with Crippen LogP contribution in [0.3, 0.4) is 0 Å². The molecule has 0 saturated carbocycles. The van der Waals surface area contributed by atoms with Gasteiger partial charge < -0.3 is 14.2 Å². The van der Waals surface area contributed by atoms with Crippen molar-refractivity contribution in [1.29, 1.82) is 0 Å². The third kappa shape index (κ3) is 5.41. The highest BCUT2D eigenvalue weighted by molar-refractivity contribution is 5.55. The fraction of sp³-hybridized carbons (Fsp3) is 0.259. The molecule has 1 aliphatic rings. The summed E-state index contributed by atoms with van der Waals surface area (Å²) in [4.78, 5) is 9.41. The minimum atomic E-state index is 0.545. The van der Waals surface area contributed by atoms with Crippen molar-refractivity contribution in [1.82, 2.24) is 15.0 Å². The Bertz CT molecular complexity index is 1170. The van der Waals surface area contributed by atoms with Crippen LogP contribution in [0.5, 0.6) is 5.75 Å². The van der Waals surface area contributed by atoms with Crippen molar-refractivity contribution in [3.05, 3.63) is 95.9 Å². The monoisotopic (exact) mass is 440 g/mol. The highest BCUT2D eigenvalue weighted by atomic mass is 16.5. The van der Waals surface area contributed by atoms with Crippen molar-refractivity contribution < 1.29 is 9.26 Å². The Morgan fingerprint density at radius 1 is 0.879 bits per heavy atom. The van der Waals surface area contributed by atoms with E-state index in [0.717, 1.165) is 43.1 Å². The molecule has 4 aromatic rings. The number of anilines is 1. The van der Waals surface area contributed by atoms with Crippen LogP contribution < -0.4 is 9.64 Å². The van der Waals surface area contributed by atoms with Gasteiger partial charge >= 0.3 is 0 Å². The average Bonchev–Trinajstić information content (AvgIpc) is 3.33. The predicted molar refractivity (Wildman–Crippen MR) is 129 cm³/mol. The molecule has 168 valence electrons. The largest absolute Gasteiger partial charge is 0.489 e. The normalized spacial score (nSPS) is 14.4. The maximum absolute atomic E-state index is 5.86. The van der Waals surface area contributed by atoms with Gasteiger partial charge in [0.25, 0.3) is 0 Å². The molecule has 0 amide bonds. The van der Waals surface area contributed by atoms with Gasteiger partial charge in [0.2, 0.25) is 11.7 Å². The molecule has 6 heteroatoms. The number of benzene rings is 3. The van der Waals surface area contributed by atoms with Crippen LogP contribution in [0.4, 0.5) is 5.69 Å². The van der Waals surface area contributed by atoms with Gasteiger partial charge in [-0.15, -0.1) is 0 Å². The first kappa shape index (κ1) is 21.2. The Hall–Kier alpha value is -3.64. The van der Waals surface area contributed by atoms with E-state index in [0.29, 0.717) is 24.9 Å². The summed E-state index contributed by atoms with van der Waals surface area (Å²) in [6, 6.07) is 26.7. The smallest absolute Gasteiger partial charge is 0.241 e. The maximum Gasteiger partial charge on any atom is 0.241 e. The minimum absolute atomic E-state index is 0.545. The molecule has 1 aromatic heterocycles. The molecule has 1 aliphatic heterocycles. The number of aromatic nitrogens is 2. The van der Waals surface area contributed by atoms with Gasteiger partial charge in [-0.2, -0.15) is 4.98 Å². The predicted octanol–water partition coefficient (Wildman–Crippen LogP) is 4.95. The number of hydrogen-bond donors (Lipinski definition) is 0. The number of ether oxygens (including phenoxy) is 1. The highest BCUT2D eigenvalue weighted by Crippen LogP contribution is 2.22. The van der Waals surface area contributed by atoms with E-state index in [1.807, 2.05) is 42.5 Å². The molecule has 0 unspecified atom stereocenters. The van der Waals surface area contributed by atoms with Crippen LogP contribution in [0, 0.1) is 6.92 Å². The second-order valence-electron chi connectivity index (χ2n) is 8.41. The highest BCUT2D eigenvalue weighted by Gasteiger charge is 2.20. The van der Waals surface area contributed by atoms with Gasteiger partial charge in [0, 0.05) is 37.4 Å². The third-order valence-corrected chi connectivity index (χ3v) is 5.93. The van der Waals surface area contributed by atoms with Crippen LogP contribution in [0.1, 0.15) is 17.0 Å². The molecule has 0 spiro atoms. The van der Waals surface area contributed by atoms with Crippen molar-refractivity contribution in [2.75, 3.05) is 31.1 Å². The van der Waals surface area contributed by atoms with Gasteiger partial charge in [-0.1, -0.05) is 47.6 Å². The van der Waals surface area contributed by atoms with E-state index in [2.05, 4.69) is 63.3 Å². The van der Waals surface area contributed by atoms with Crippen LogP contribution in [0.2, 0.25) is 0 Å². The van der Waals surface area contributed by atoms with E-state index in [4.69, 9.17) is 9.26 Å². The summed E-state index contributed by atoms with van der Waals surface area (Å²) in [6.07, 6.45) is 0. The third-order valence-electron chi connectivity index (χ3n) is 5.93. The number of aryl methyl sites for hydroxylation is 1. The number of hydrogen-bond acceptors (Lipinski definition) is 6. The summed E-state index contributed by atoms with van der Waals surface area (Å²) in [5, 5.41) is 4.18. The zero-order valence-electron chi connectivity index (χ0n) is 18.9. The lowest BCUT2D eigenvalue weighted by molar-refractivity contribution is 0.215. The lowest BCUT2D eigenvalue weighted by Crippen LogP contribution is -2.46. The summed E-state index contributed by atoms with van der Waals surface area (Å²) in [6.45, 7) is 7.29. The fourth-order valence-electron chi connectivity index (χ4n) is 4.06. The summed E-state index contributed by atoms with van der Waals surface area (Å²) in [7, 11) is 0. The molecule has 1 fully saturated rings. The summed E-state index contributed by atoms with van der Waals surface area (Å²) in [5.74, 6) is 2.08. The molecule has 0 aliphatic carbocycles. The topological polar surface area (TPSA) is 54.6 Å². The lowest BCUT2D eigenvalue weighted by Gasteiger charge is -2.35. The van der Waals surface area contributed by atoms with Crippen LogP contribution >= 0.6 is 0 Å². The van der Waals surface area contributed by atoms with Crippen molar-refractivity contribution in [2.24, 2.45) is 0 Å². The van der Waals surface area contributed by atoms with Crippen LogP contribution in [-0.2, 0) is 13.2 Å². The van der Waals surface area contributed by atoms with Crippen molar-refractivity contribution in [3.63, 3.8) is 0 Å². The first-order chi connectivity index (χ1) is 16.2. The molecular formula is C27H28N4O2. The van der Waals surface area contributed by atoms with Gasteiger partial charge in [-0.25, -0.2) is 0 Å². The number of nitrogens with zero attached hydrogens (tertiary/aromatic N) is 4. The summed E-state index contributed by atoms with van der Waals surface area (Å²) < 4.78 is 11.4. The van der Waals surface area contributed by atoms with Gasteiger partial charge in [0.15, 0.2) is 0 Å². The molecule has 0 bridgehead atoms. The summed E-state index contributed by atoms with van der Waals surface area (Å²) in [5.41, 5.74) is 4.65. The maximum atomic E-state index is 5.86. The fourth-order valence-corrected chi connectivity index (χ4v) is 4.06. The molecule has 3 aromatic carbocycles. The van der Waals surface area contributed by atoms with E-state index >= 15 is 0 Å². The van der Waals surface area contributed by atoms with Crippen molar-refractivity contribution in [3.8, 4) is 17.1 Å². The Balaban J connectivity index is 1.14. The van der Waals surface area contributed by atoms with Gasteiger partial charge in [0.05, 0.1) is 6.54 Å². The molecule has 5 rings (SSSR count). The zero-order chi connectivity index (χ0) is 22.5. The summed E-state index contributed by atoms with van der Waals surface area (Å²) >= 11 is 0. The second-order valence-corrected chi connectivity index (χ2v) is 8.41. The first-order valence-corrected chi connectivity index (χ1v) is 11.4. The quantitative estimate of drug-likeness (QED) is 0.405. The molecular weight excluding hydrogens is 412 g/mol. The van der Waals surface area contributed by atoms with Gasteiger partial charge in [-0.05, 0) is 54.4 Å². The SMILES string of the molecule is Cc1cccc(N2CCN(Cc3nc(-c4ccc(OCc5ccccc5)cc4)no3)CC2)c1. The molecule has 0 radical (unpaired) electrons. The van der Waals surface area contributed by atoms with Crippen LogP contribution in [0.15, 0.2) is 83.4 Å². The van der Waals surface area contributed by atoms with E-state index in [-0.39, 0.29) is 0 Å². The lowest BCUT2D eigenvalue weighted by atomic mass is 10.2. The zero-order valence-corrected chi connectivity index (χ0v) is 18.9. The Labute approximate surface area is 194 Å². The van der Waals surface area contributed by atoms with Crippen molar-refractivity contribution in [2.45, 2.75) is 20.1 Å². The van der Waals surface area contributed by atoms with Gasteiger partial charge in [-0.3, -0.25) is 4.90 Å². The van der Waals surface area contributed by atoms with E-state index in [1.165, 1.54) is 11.3 Å². The van der Waals surface area contributed by atoms with Crippen LogP contribution in [0.25, 0.3) is 11.4 Å². The molecule has 0 atom stereocenters. The number of rotatable bonds is 7.